The largest absolute Gasteiger partial charge is 0.508 e. The van der Waals surface area contributed by atoms with E-state index in [4.69, 9.17) is 4.74 Å². The fourth-order valence-electron chi connectivity index (χ4n) is 2.52. The van der Waals surface area contributed by atoms with Crippen molar-refractivity contribution in [2.75, 3.05) is 7.11 Å². The Kier molecular flexibility index (Phi) is 2.96. The van der Waals surface area contributed by atoms with E-state index in [1.165, 1.54) is 19.3 Å². The molecule has 0 aliphatic heterocycles. The zero-order valence-electron chi connectivity index (χ0n) is 9.20. The second-order valence-corrected chi connectivity index (χ2v) is 4.31. The first kappa shape index (κ1) is 10.5. The summed E-state index contributed by atoms with van der Waals surface area (Å²) in [4.78, 5) is 0. The van der Waals surface area contributed by atoms with E-state index in [1.807, 2.05) is 12.1 Å². The Morgan fingerprint density at radius 1 is 1.20 bits per heavy atom. The van der Waals surface area contributed by atoms with Crippen molar-refractivity contribution >= 4 is 0 Å². The molecule has 0 bridgehead atoms. The molecule has 0 atom stereocenters. The maximum absolute atomic E-state index is 9.50. The molecule has 0 radical (unpaired) electrons. The summed E-state index contributed by atoms with van der Waals surface area (Å²) in [6, 6.07) is 7.47. The molecule has 1 fully saturated rings. The number of ether oxygens (including phenoxy) is 1. The van der Waals surface area contributed by atoms with Gasteiger partial charge in [-0.1, -0.05) is 31.4 Å². The van der Waals surface area contributed by atoms with Crippen LogP contribution < -0.4 is 0 Å². The number of aromatic hydroxyl groups is 1. The van der Waals surface area contributed by atoms with Gasteiger partial charge in [0.15, 0.2) is 0 Å². The minimum atomic E-state index is -0.156. The van der Waals surface area contributed by atoms with Gasteiger partial charge in [0.2, 0.25) is 0 Å². The fourth-order valence-corrected chi connectivity index (χ4v) is 2.52. The third-order valence-electron chi connectivity index (χ3n) is 3.42. The van der Waals surface area contributed by atoms with Crippen molar-refractivity contribution in [2.24, 2.45) is 0 Å². The fraction of sp³-hybridized carbons (Fsp3) is 0.538. The van der Waals surface area contributed by atoms with Crippen LogP contribution in [-0.4, -0.2) is 12.2 Å². The zero-order valence-corrected chi connectivity index (χ0v) is 9.20. The summed E-state index contributed by atoms with van der Waals surface area (Å²) in [5, 5.41) is 9.50. The third kappa shape index (κ3) is 2.00. The third-order valence-corrected chi connectivity index (χ3v) is 3.42. The predicted molar refractivity (Wildman–Crippen MR) is 59.9 cm³/mol. The molecule has 1 aliphatic carbocycles. The van der Waals surface area contributed by atoms with Gasteiger partial charge in [-0.25, -0.2) is 0 Å². The number of phenols is 1. The summed E-state index contributed by atoms with van der Waals surface area (Å²) in [7, 11) is 1.77. The Labute approximate surface area is 90.9 Å². The molecular weight excluding hydrogens is 188 g/mol. The van der Waals surface area contributed by atoms with Crippen LogP contribution in [0.15, 0.2) is 24.3 Å². The second-order valence-electron chi connectivity index (χ2n) is 4.31. The van der Waals surface area contributed by atoms with Crippen LogP contribution >= 0.6 is 0 Å². The molecule has 82 valence electrons. The van der Waals surface area contributed by atoms with E-state index in [2.05, 4.69) is 6.07 Å². The molecule has 0 aromatic heterocycles. The van der Waals surface area contributed by atoms with Crippen LogP contribution in [0.1, 0.15) is 37.7 Å². The maximum Gasteiger partial charge on any atom is 0.115 e. The van der Waals surface area contributed by atoms with E-state index in [0.29, 0.717) is 5.75 Å². The highest BCUT2D eigenvalue weighted by Gasteiger charge is 2.33. The first-order valence-electron chi connectivity index (χ1n) is 5.61. The van der Waals surface area contributed by atoms with E-state index >= 15 is 0 Å². The molecule has 1 saturated carbocycles. The van der Waals surface area contributed by atoms with Crippen molar-refractivity contribution in [3.8, 4) is 5.75 Å². The van der Waals surface area contributed by atoms with Crippen molar-refractivity contribution in [2.45, 2.75) is 37.7 Å². The molecule has 1 aromatic rings. The standard InChI is InChI=1S/C13H18O2/c1-15-13(8-3-2-4-9-13)11-6-5-7-12(14)10-11/h5-7,10,14H,2-4,8-9H2,1H3. The Morgan fingerprint density at radius 3 is 2.53 bits per heavy atom. The second kappa shape index (κ2) is 4.23. The van der Waals surface area contributed by atoms with E-state index in [9.17, 15) is 5.11 Å². The molecule has 0 heterocycles. The van der Waals surface area contributed by atoms with Crippen LogP contribution in [0.5, 0.6) is 5.75 Å². The van der Waals surface area contributed by atoms with E-state index in [0.717, 1.165) is 18.4 Å². The molecule has 0 spiro atoms. The van der Waals surface area contributed by atoms with E-state index in [-0.39, 0.29) is 5.60 Å². The zero-order chi connectivity index (χ0) is 10.7. The van der Waals surface area contributed by atoms with Gasteiger partial charge in [-0.3, -0.25) is 0 Å². The number of rotatable bonds is 2. The van der Waals surface area contributed by atoms with Gasteiger partial charge in [-0.2, -0.15) is 0 Å². The van der Waals surface area contributed by atoms with Crippen molar-refractivity contribution in [1.82, 2.24) is 0 Å². The lowest BCUT2D eigenvalue weighted by Crippen LogP contribution is -2.30. The first-order chi connectivity index (χ1) is 7.27. The summed E-state index contributed by atoms with van der Waals surface area (Å²) in [5.74, 6) is 0.328. The minimum Gasteiger partial charge on any atom is -0.508 e. The predicted octanol–water partition coefficient (Wildman–Crippen LogP) is 3.20. The molecule has 0 saturated heterocycles. The lowest BCUT2D eigenvalue weighted by molar-refractivity contribution is -0.0446. The number of hydrogen-bond donors (Lipinski definition) is 1. The van der Waals surface area contributed by atoms with Crippen LogP contribution in [0.4, 0.5) is 0 Å². The number of methoxy groups -OCH3 is 1. The van der Waals surface area contributed by atoms with Gasteiger partial charge in [0.05, 0.1) is 5.60 Å². The van der Waals surface area contributed by atoms with Crippen LogP contribution in [0.2, 0.25) is 0 Å². The van der Waals surface area contributed by atoms with Gasteiger partial charge in [0.1, 0.15) is 5.75 Å². The number of benzene rings is 1. The Hall–Kier alpha value is -1.02. The molecule has 15 heavy (non-hydrogen) atoms. The number of hydrogen-bond acceptors (Lipinski definition) is 2. The summed E-state index contributed by atoms with van der Waals surface area (Å²) < 4.78 is 5.71. The van der Waals surface area contributed by atoms with Gasteiger partial charge in [0.25, 0.3) is 0 Å². The van der Waals surface area contributed by atoms with Crippen LogP contribution in [0, 0.1) is 0 Å². The molecule has 2 rings (SSSR count). The Balaban J connectivity index is 2.32. The normalized spacial score (nSPS) is 20.1. The highest BCUT2D eigenvalue weighted by atomic mass is 16.5. The molecule has 1 N–H and O–H groups in total. The molecular formula is C13H18O2. The number of phenolic OH excluding ortho intramolecular Hbond substituents is 1. The summed E-state index contributed by atoms with van der Waals surface area (Å²) in [6.45, 7) is 0. The lowest BCUT2D eigenvalue weighted by atomic mass is 9.79. The van der Waals surface area contributed by atoms with Gasteiger partial charge in [-0.15, -0.1) is 0 Å². The summed E-state index contributed by atoms with van der Waals surface area (Å²) in [6.07, 6.45) is 5.84. The van der Waals surface area contributed by atoms with Gasteiger partial charge in [0, 0.05) is 7.11 Å². The van der Waals surface area contributed by atoms with E-state index < -0.39 is 0 Å². The molecule has 1 aromatic carbocycles. The quantitative estimate of drug-likeness (QED) is 0.805. The van der Waals surface area contributed by atoms with Crippen molar-refractivity contribution in [3.05, 3.63) is 29.8 Å². The SMILES string of the molecule is COC1(c2cccc(O)c2)CCCCC1. The highest BCUT2D eigenvalue weighted by Crippen LogP contribution is 2.40. The molecule has 1 aliphatic rings. The Morgan fingerprint density at radius 2 is 1.93 bits per heavy atom. The monoisotopic (exact) mass is 206 g/mol. The topological polar surface area (TPSA) is 29.5 Å². The molecule has 0 unspecified atom stereocenters. The Bertz CT molecular complexity index is 327. The van der Waals surface area contributed by atoms with Crippen LogP contribution in [-0.2, 0) is 10.3 Å². The molecule has 2 heteroatoms. The van der Waals surface area contributed by atoms with Crippen molar-refractivity contribution in [1.29, 1.82) is 0 Å². The lowest BCUT2D eigenvalue weighted by Gasteiger charge is -2.36. The van der Waals surface area contributed by atoms with Crippen LogP contribution in [0.3, 0.4) is 0 Å². The molecule has 0 amide bonds. The smallest absolute Gasteiger partial charge is 0.115 e. The van der Waals surface area contributed by atoms with Crippen molar-refractivity contribution in [3.63, 3.8) is 0 Å². The van der Waals surface area contributed by atoms with Gasteiger partial charge in [-0.05, 0) is 30.5 Å². The minimum absolute atomic E-state index is 0.156. The maximum atomic E-state index is 9.50. The van der Waals surface area contributed by atoms with E-state index in [1.54, 1.807) is 13.2 Å². The summed E-state index contributed by atoms with van der Waals surface area (Å²) >= 11 is 0. The van der Waals surface area contributed by atoms with Crippen molar-refractivity contribution < 1.29 is 9.84 Å². The average molecular weight is 206 g/mol. The van der Waals surface area contributed by atoms with Crippen LogP contribution in [0.25, 0.3) is 0 Å². The van der Waals surface area contributed by atoms with Gasteiger partial charge < -0.3 is 9.84 Å². The highest BCUT2D eigenvalue weighted by molar-refractivity contribution is 5.31. The first-order valence-corrected chi connectivity index (χ1v) is 5.61. The summed E-state index contributed by atoms with van der Waals surface area (Å²) in [5.41, 5.74) is 0.960. The van der Waals surface area contributed by atoms with Gasteiger partial charge >= 0.3 is 0 Å². The average Bonchev–Trinajstić information content (AvgIpc) is 2.30. The molecule has 2 nitrogen and oxygen atoms in total.